The van der Waals surface area contributed by atoms with E-state index in [-0.39, 0.29) is 0 Å². The summed E-state index contributed by atoms with van der Waals surface area (Å²) >= 11 is 1.76. The van der Waals surface area contributed by atoms with Crippen LogP contribution in [0.2, 0.25) is 0 Å². The molecule has 0 spiro atoms. The van der Waals surface area contributed by atoms with Crippen molar-refractivity contribution in [2.75, 3.05) is 13.1 Å². The van der Waals surface area contributed by atoms with Gasteiger partial charge in [-0.15, -0.1) is 11.3 Å². The first-order valence-electron chi connectivity index (χ1n) is 9.11. The molecule has 0 bridgehead atoms. The molecule has 26 heavy (non-hydrogen) atoms. The number of hydrogen-bond acceptors (Lipinski definition) is 6. The number of rotatable bonds is 5. The number of aromatic amines is 1. The number of imidazole rings is 1. The van der Waals surface area contributed by atoms with Gasteiger partial charge in [0.25, 0.3) is 0 Å². The molecule has 1 fully saturated rings. The Bertz CT molecular complexity index is 870. The summed E-state index contributed by atoms with van der Waals surface area (Å²) in [5.41, 5.74) is 6.03. The van der Waals surface area contributed by atoms with Crippen LogP contribution in [-0.2, 0) is 13.0 Å². The highest BCUT2D eigenvalue weighted by Gasteiger charge is 2.22. The molecule has 0 amide bonds. The lowest BCUT2D eigenvalue weighted by Crippen LogP contribution is -2.35. The zero-order valence-corrected chi connectivity index (χ0v) is 16.1. The molecule has 0 aliphatic carbocycles. The van der Waals surface area contributed by atoms with Gasteiger partial charge in [0.15, 0.2) is 5.82 Å². The number of aryl methyl sites for hydroxylation is 2. The van der Waals surface area contributed by atoms with E-state index in [1.165, 1.54) is 30.0 Å². The fraction of sp³-hybridized carbons (Fsp3) is 0.474. The number of thiazole rings is 1. The van der Waals surface area contributed by atoms with Crippen molar-refractivity contribution in [2.24, 2.45) is 5.92 Å². The topological polar surface area (TPSA) is 70.6 Å². The summed E-state index contributed by atoms with van der Waals surface area (Å²) in [7, 11) is 0. The molecule has 6 nitrogen and oxygen atoms in total. The fourth-order valence-corrected chi connectivity index (χ4v) is 4.42. The Morgan fingerprint density at radius 2 is 2.15 bits per heavy atom. The zero-order chi connectivity index (χ0) is 17.9. The number of hydrogen-bond donors (Lipinski definition) is 1. The van der Waals surface area contributed by atoms with Crippen LogP contribution < -0.4 is 0 Å². The highest BCUT2D eigenvalue weighted by Crippen LogP contribution is 2.24. The van der Waals surface area contributed by atoms with E-state index in [4.69, 9.17) is 4.98 Å². The average Bonchev–Trinajstić information content (AvgIpc) is 3.24. The van der Waals surface area contributed by atoms with Crippen LogP contribution in [0.4, 0.5) is 0 Å². The van der Waals surface area contributed by atoms with Crippen molar-refractivity contribution < 1.29 is 0 Å². The first-order chi connectivity index (χ1) is 12.7. The Kier molecular flexibility index (Phi) is 5.08. The van der Waals surface area contributed by atoms with Gasteiger partial charge >= 0.3 is 0 Å². The molecule has 7 heteroatoms. The van der Waals surface area contributed by atoms with Gasteiger partial charge in [-0.05, 0) is 45.6 Å². The summed E-state index contributed by atoms with van der Waals surface area (Å²) in [5.74, 6) is 1.42. The highest BCUT2D eigenvalue weighted by molar-refractivity contribution is 7.09. The molecule has 1 aliphatic heterocycles. The molecule has 1 N–H and O–H groups in total. The van der Waals surface area contributed by atoms with E-state index >= 15 is 0 Å². The smallest absolute Gasteiger partial charge is 0.157 e. The zero-order valence-electron chi connectivity index (χ0n) is 15.3. The maximum atomic E-state index is 4.78. The first-order valence-corrected chi connectivity index (χ1v) is 9.99. The van der Waals surface area contributed by atoms with Gasteiger partial charge in [0.1, 0.15) is 5.69 Å². The summed E-state index contributed by atoms with van der Waals surface area (Å²) in [5, 5.41) is 0. The summed E-state index contributed by atoms with van der Waals surface area (Å²) in [4.78, 5) is 25.1. The van der Waals surface area contributed by atoms with Crippen molar-refractivity contribution in [2.45, 2.75) is 39.7 Å². The summed E-state index contributed by atoms with van der Waals surface area (Å²) in [6, 6.07) is 0. The van der Waals surface area contributed by atoms with Crippen LogP contribution in [0.1, 0.15) is 34.8 Å². The predicted octanol–water partition coefficient (Wildman–Crippen LogP) is 3.39. The third-order valence-electron chi connectivity index (χ3n) is 4.94. The van der Waals surface area contributed by atoms with Gasteiger partial charge in [0.05, 0.1) is 23.1 Å². The van der Waals surface area contributed by atoms with Gasteiger partial charge in [-0.2, -0.15) is 0 Å². The second-order valence-corrected chi connectivity index (χ2v) is 8.06. The quantitative estimate of drug-likeness (QED) is 0.747. The van der Waals surface area contributed by atoms with Gasteiger partial charge in [0, 0.05) is 36.1 Å². The summed E-state index contributed by atoms with van der Waals surface area (Å²) < 4.78 is 0. The molecule has 0 radical (unpaired) electrons. The average molecular weight is 369 g/mol. The number of likely N-dealkylation sites (tertiary alicyclic amines) is 1. The van der Waals surface area contributed by atoms with E-state index in [0.29, 0.717) is 5.92 Å². The number of H-pyrrole nitrogens is 1. The minimum atomic E-state index is 0.625. The van der Waals surface area contributed by atoms with E-state index < -0.39 is 0 Å². The molecule has 0 unspecified atom stereocenters. The van der Waals surface area contributed by atoms with E-state index in [2.05, 4.69) is 31.8 Å². The van der Waals surface area contributed by atoms with Crippen LogP contribution in [0.5, 0.6) is 0 Å². The van der Waals surface area contributed by atoms with E-state index in [1.54, 1.807) is 17.5 Å². The summed E-state index contributed by atoms with van der Waals surface area (Å²) in [6.07, 6.45) is 8.97. The third kappa shape index (κ3) is 3.99. The number of aromatic nitrogens is 5. The minimum absolute atomic E-state index is 0.625. The molecule has 136 valence electrons. The molecule has 0 aromatic carbocycles. The Hall–Kier alpha value is -2.12. The highest BCUT2D eigenvalue weighted by atomic mass is 32.1. The van der Waals surface area contributed by atoms with Crippen molar-refractivity contribution in [3.63, 3.8) is 0 Å². The lowest BCUT2D eigenvalue weighted by atomic mass is 9.93. The molecular formula is C19H24N6S. The van der Waals surface area contributed by atoms with Crippen molar-refractivity contribution in [3.05, 3.63) is 46.1 Å². The predicted molar refractivity (Wildman–Crippen MR) is 103 cm³/mol. The van der Waals surface area contributed by atoms with Crippen molar-refractivity contribution in [3.8, 4) is 11.5 Å². The lowest BCUT2D eigenvalue weighted by molar-refractivity contribution is 0.167. The maximum absolute atomic E-state index is 4.78. The summed E-state index contributed by atoms with van der Waals surface area (Å²) in [6.45, 7) is 7.40. The van der Waals surface area contributed by atoms with Crippen LogP contribution in [0, 0.1) is 19.8 Å². The lowest BCUT2D eigenvalue weighted by Gasteiger charge is -2.32. The molecule has 3 aromatic heterocycles. The van der Waals surface area contributed by atoms with Crippen LogP contribution in [0.15, 0.2) is 24.1 Å². The Morgan fingerprint density at radius 1 is 1.23 bits per heavy atom. The molecule has 1 aliphatic rings. The van der Waals surface area contributed by atoms with E-state index in [0.717, 1.165) is 42.4 Å². The number of nitrogens with zero attached hydrogens (tertiary/aromatic N) is 5. The molecular weight excluding hydrogens is 344 g/mol. The second-order valence-electron chi connectivity index (χ2n) is 7.12. The molecule has 1 saturated heterocycles. The third-order valence-corrected chi connectivity index (χ3v) is 5.86. The standard InChI is InChI=1S/C19H24N6S/c1-13-7-21-19(23-13)17-9-20-8-16(24-17)6-15-4-3-5-25(10-15)11-18-14(2)22-12-26-18/h7-9,12,15H,3-6,10-11H2,1-2H3,(H,21,23)/t15-/m0/s1. The van der Waals surface area contributed by atoms with Crippen LogP contribution >= 0.6 is 11.3 Å². The molecule has 3 aromatic rings. The van der Waals surface area contributed by atoms with Crippen LogP contribution in [-0.4, -0.2) is 42.9 Å². The first kappa shape index (κ1) is 17.3. The minimum Gasteiger partial charge on any atom is -0.341 e. The van der Waals surface area contributed by atoms with Crippen molar-refractivity contribution in [1.82, 2.24) is 29.8 Å². The van der Waals surface area contributed by atoms with E-state index in [9.17, 15) is 0 Å². The van der Waals surface area contributed by atoms with Gasteiger partial charge < -0.3 is 4.98 Å². The van der Waals surface area contributed by atoms with Crippen molar-refractivity contribution in [1.29, 1.82) is 0 Å². The Balaban J connectivity index is 1.41. The largest absolute Gasteiger partial charge is 0.341 e. The van der Waals surface area contributed by atoms with Gasteiger partial charge in [0.2, 0.25) is 0 Å². The molecule has 0 saturated carbocycles. The van der Waals surface area contributed by atoms with Crippen LogP contribution in [0.3, 0.4) is 0 Å². The molecule has 4 rings (SSSR count). The molecule has 1 atom stereocenters. The van der Waals surface area contributed by atoms with Gasteiger partial charge in [-0.25, -0.2) is 15.0 Å². The number of piperidine rings is 1. The fourth-order valence-electron chi connectivity index (χ4n) is 3.60. The SMILES string of the molecule is Cc1cnc(-c2cncc(C[C@@H]3CCCN(Cc4scnc4C)C3)n2)[nH]1. The van der Waals surface area contributed by atoms with E-state index in [1.807, 2.05) is 24.8 Å². The number of nitrogens with one attached hydrogen (secondary N) is 1. The van der Waals surface area contributed by atoms with Crippen LogP contribution in [0.25, 0.3) is 11.5 Å². The second kappa shape index (κ2) is 7.63. The molecule has 4 heterocycles. The maximum Gasteiger partial charge on any atom is 0.157 e. The van der Waals surface area contributed by atoms with Gasteiger partial charge in [-0.3, -0.25) is 9.88 Å². The monoisotopic (exact) mass is 368 g/mol. The normalized spacial score (nSPS) is 18.3. The Labute approximate surface area is 157 Å². The van der Waals surface area contributed by atoms with Crippen molar-refractivity contribution >= 4 is 11.3 Å². The Morgan fingerprint density at radius 3 is 2.92 bits per heavy atom. The van der Waals surface area contributed by atoms with Gasteiger partial charge in [-0.1, -0.05) is 0 Å².